The molecule has 1 unspecified atom stereocenters. The van der Waals surface area contributed by atoms with Gasteiger partial charge in [0, 0.05) is 5.92 Å². The second-order valence-corrected chi connectivity index (χ2v) is 11.2. The molecule has 0 saturated heterocycles. The molecule has 3 nitrogen and oxygen atoms in total. The molecule has 1 N–H and O–H groups in total. The number of benzene rings is 2. The van der Waals surface area contributed by atoms with Gasteiger partial charge in [-0.05, 0) is 91.7 Å². The van der Waals surface area contributed by atoms with E-state index in [0.717, 1.165) is 30.5 Å². The van der Waals surface area contributed by atoms with E-state index in [4.69, 9.17) is 14.6 Å². The molecule has 0 heterocycles. The third kappa shape index (κ3) is 7.55. The molecule has 2 aromatic carbocycles. The summed E-state index contributed by atoms with van der Waals surface area (Å²) in [6.07, 6.45) is 0.937. The molecule has 0 spiro atoms. The molecule has 2 aliphatic carbocycles. The highest BCUT2D eigenvalue weighted by molar-refractivity contribution is 5.32. The number of hydrogen-bond acceptors (Lipinski definition) is 3. The van der Waals surface area contributed by atoms with Crippen molar-refractivity contribution in [3.63, 3.8) is 0 Å². The minimum atomic E-state index is -3.13. The minimum absolute atomic E-state index is 0.00927. The number of ether oxygens (including phenoxy) is 2. The minimum Gasteiger partial charge on any atom is -0.371 e. The lowest BCUT2D eigenvalue weighted by Crippen LogP contribution is -2.38. The van der Waals surface area contributed by atoms with Crippen LogP contribution in [-0.2, 0) is 15.9 Å². The molecule has 0 bridgehead atoms. The maximum absolute atomic E-state index is 15.3. The Hall–Kier alpha value is -2.10. The first-order valence-corrected chi connectivity index (χ1v) is 13.7. The van der Waals surface area contributed by atoms with E-state index in [9.17, 15) is 22.0 Å². The Balaban J connectivity index is 1.39. The predicted molar refractivity (Wildman–Crippen MR) is 134 cm³/mol. The van der Waals surface area contributed by atoms with Crippen LogP contribution >= 0.6 is 0 Å². The van der Waals surface area contributed by atoms with Crippen LogP contribution in [0.3, 0.4) is 0 Å². The van der Waals surface area contributed by atoms with E-state index in [1.807, 2.05) is 0 Å². The maximum Gasteiger partial charge on any atom is 0.358 e. The molecule has 0 aromatic heterocycles. The van der Waals surface area contributed by atoms with E-state index in [2.05, 4.69) is 6.92 Å². The summed E-state index contributed by atoms with van der Waals surface area (Å²) < 4.78 is 95.9. The molecule has 39 heavy (non-hydrogen) atoms. The van der Waals surface area contributed by atoms with Crippen molar-refractivity contribution in [3.05, 3.63) is 70.3 Å². The fourth-order valence-corrected chi connectivity index (χ4v) is 6.02. The Kier molecular flexibility index (Phi) is 9.99. The number of hydrogen-bond donors (Lipinski definition) is 1. The molecule has 4 rings (SSSR count). The standard InChI is InChI=1S/C30H36F6O3/c1-18-2-7-23(8-3-18)30(35,36)39-24-9-4-20(5-10-24)21-6-11-25(26(31)15-21)22(16-38-17-37)12-19-13-27(32)29(34)28(33)14-19/h6,11,13-15,18,20,22-24,37H,2-5,7-10,12,16-17H2,1H3. The summed E-state index contributed by atoms with van der Waals surface area (Å²) in [7, 11) is 0. The van der Waals surface area contributed by atoms with Gasteiger partial charge in [0.1, 0.15) is 12.6 Å². The third-order valence-electron chi connectivity index (χ3n) is 8.36. The molecule has 2 aliphatic rings. The first-order chi connectivity index (χ1) is 18.6. The highest BCUT2D eigenvalue weighted by Crippen LogP contribution is 2.43. The van der Waals surface area contributed by atoms with Crippen LogP contribution in [0.5, 0.6) is 0 Å². The van der Waals surface area contributed by atoms with Crippen LogP contribution in [0.15, 0.2) is 30.3 Å². The van der Waals surface area contributed by atoms with Crippen molar-refractivity contribution in [2.45, 2.75) is 88.8 Å². The summed E-state index contributed by atoms with van der Waals surface area (Å²) in [5.41, 5.74) is 1.10. The van der Waals surface area contributed by atoms with Crippen molar-refractivity contribution in [2.24, 2.45) is 11.8 Å². The van der Waals surface area contributed by atoms with Gasteiger partial charge in [-0.1, -0.05) is 31.9 Å². The van der Waals surface area contributed by atoms with Crippen LogP contribution in [0.4, 0.5) is 26.3 Å². The van der Waals surface area contributed by atoms with Crippen molar-refractivity contribution >= 4 is 0 Å². The van der Waals surface area contributed by atoms with E-state index in [-0.39, 0.29) is 30.1 Å². The Morgan fingerprint density at radius 1 is 0.872 bits per heavy atom. The van der Waals surface area contributed by atoms with Crippen LogP contribution in [0.1, 0.15) is 86.8 Å². The number of halogens is 6. The van der Waals surface area contributed by atoms with Crippen LogP contribution in [-0.4, -0.2) is 30.7 Å². The smallest absolute Gasteiger partial charge is 0.358 e. The molecule has 2 fully saturated rings. The van der Waals surface area contributed by atoms with Gasteiger partial charge in [-0.2, -0.15) is 8.78 Å². The lowest BCUT2D eigenvalue weighted by atomic mass is 9.81. The molecule has 0 radical (unpaired) electrons. The molecule has 0 amide bonds. The highest BCUT2D eigenvalue weighted by Gasteiger charge is 2.44. The SMILES string of the molecule is CC1CCC(C(F)(F)OC2CCC(c3ccc(C(COCO)Cc4cc(F)c(F)c(F)c4)c(F)c3)CC2)CC1. The maximum atomic E-state index is 15.3. The molecular formula is C30H36F6O3. The second kappa shape index (κ2) is 13.0. The first kappa shape index (κ1) is 29.9. The van der Waals surface area contributed by atoms with Gasteiger partial charge in [-0.3, -0.25) is 0 Å². The van der Waals surface area contributed by atoms with E-state index in [1.165, 1.54) is 6.07 Å². The number of rotatable bonds is 10. The molecule has 1 atom stereocenters. The van der Waals surface area contributed by atoms with Crippen molar-refractivity contribution in [2.75, 3.05) is 13.4 Å². The Labute approximate surface area is 225 Å². The summed E-state index contributed by atoms with van der Waals surface area (Å²) >= 11 is 0. The average molecular weight is 559 g/mol. The molecule has 2 saturated carbocycles. The zero-order valence-corrected chi connectivity index (χ0v) is 22.1. The second-order valence-electron chi connectivity index (χ2n) is 11.2. The summed E-state index contributed by atoms with van der Waals surface area (Å²) in [4.78, 5) is 0. The summed E-state index contributed by atoms with van der Waals surface area (Å²) in [5, 5.41) is 9.07. The van der Waals surface area contributed by atoms with Crippen molar-refractivity contribution in [3.8, 4) is 0 Å². The zero-order valence-electron chi connectivity index (χ0n) is 22.1. The largest absolute Gasteiger partial charge is 0.371 e. The summed E-state index contributed by atoms with van der Waals surface area (Å²) in [6.45, 7) is 1.35. The fourth-order valence-electron chi connectivity index (χ4n) is 6.02. The van der Waals surface area contributed by atoms with Crippen LogP contribution in [0, 0.1) is 35.1 Å². The quantitative estimate of drug-likeness (QED) is 0.182. The molecule has 216 valence electrons. The first-order valence-electron chi connectivity index (χ1n) is 13.7. The molecule has 2 aromatic rings. The number of aliphatic hydroxyl groups is 1. The van der Waals surface area contributed by atoms with E-state index in [1.54, 1.807) is 12.1 Å². The Bertz CT molecular complexity index is 1070. The van der Waals surface area contributed by atoms with Crippen molar-refractivity contribution in [1.82, 2.24) is 0 Å². The van der Waals surface area contributed by atoms with Gasteiger partial charge in [0.15, 0.2) is 17.5 Å². The lowest BCUT2D eigenvalue weighted by Gasteiger charge is -2.36. The lowest BCUT2D eigenvalue weighted by molar-refractivity contribution is -0.301. The van der Waals surface area contributed by atoms with Gasteiger partial charge >= 0.3 is 6.11 Å². The van der Waals surface area contributed by atoms with Gasteiger partial charge in [0.25, 0.3) is 0 Å². The summed E-state index contributed by atoms with van der Waals surface area (Å²) in [5.74, 6) is -5.76. The topological polar surface area (TPSA) is 38.7 Å². The van der Waals surface area contributed by atoms with Gasteiger partial charge in [0.05, 0.1) is 18.6 Å². The van der Waals surface area contributed by atoms with Gasteiger partial charge < -0.3 is 14.6 Å². The predicted octanol–water partition coefficient (Wildman–Crippen LogP) is 8.00. The molecular weight excluding hydrogens is 522 g/mol. The van der Waals surface area contributed by atoms with Gasteiger partial charge in [0.2, 0.25) is 0 Å². The highest BCUT2D eigenvalue weighted by atomic mass is 19.3. The van der Waals surface area contributed by atoms with E-state index >= 15 is 4.39 Å². The molecule has 9 heteroatoms. The molecule has 0 aliphatic heterocycles. The summed E-state index contributed by atoms with van der Waals surface area (Å²) in [6, 6.07) is 6.45. The van der Waals surface area contributed by atoms with Crippen LogP contribution in [0.2, 0.25) is 0 Å². The zero-order chi connectivity index (χ0) is 28.2. The number of aliphatic hydroxyl groups excluding tert-OH is 1. The monoisotopic (exact) mass is 558 g/mol. The van der Waals surface area contributed by atoms with E-state index < -0.39 is 54.1 Å². The van der Waals surface area contributed by atoms with Gasteiger partial charge in [-0.25, -0.2) is 17.6 Å². The van der Waals surface area contributed by atoms with Crippen LogP contribution < -0.4 is 0 Å². The third-order valence-corrected chi connectivity index (χ3v) is 8.36. The number of alkyl halides is 2. The van der Waals surface area contributed by atoms with E-state index in [0.29, 0.717) is 44.4 Å². The Morgan fingerprint density at radius 2 is 1.51 bits per heavy atom. The Morgan fingerprint density at radius 3 is 2.10 bits per heavy atom. The van der Waals surface area contributed by atoms with Crippen molar-refractivity contribution in [1.29, 1.82) is 0 Å². The normalized spacial score (nSPS) is 25.0. The van der Waals surface area contributed by atoms with Gasteiger partial charge in [-0.15, -0.1) is 0 Å². The van der Waals surface area contributed by atoms with Crippen LogP contribution in [0.25, 0.3) is 0 Å². The average Bonchev–Trinajstić information content (AvgIpc) is 2.90. The van der Waals surface area contributed by atoms with Crippen molar-refractivity contribution < 1.29 is 40.9 Å². The fraction of sp³-hybridized carbons (Fsp3) is 0.600.